The van der Waals surface area contributed by atoms with Gasteiger partial charge in [-0.05, 0) is 34.9 Å². The maximum atomic E-state index is 12.0. The van der Waals surface area contributed by atoms with Crippen molar-refractivity contribution in [2.24, 2.45) is 0 Å². The van der Waals surface area contributed by atoms with E-state index < -0.39 is 0 Å². The van der Waals surface area contributed by atoms with Crippen molar-refractivity contribution >= 4 is 5.91 Å². The molecule has 3 heteroatoms. The average molecular weight is 288 g/mol. The zero-order valence-corrected chi connectivity index (χ0v) is 12.2. The van der Waals surface area contributed by atoms with Crippen molar-refractivity contribution in [2.45, 2.75) is 12.5 Å². The number of hydrogen-bond acceptors (Lipinski definition) is 2. The summed E-state index contributed by atoms with van der Waals surface area (Å²) in [6.07, 6.45) is 1.36. The zero-order valence-electron chi connectivity index (χ0n) is 12.2. The molecule has 0 unspecified atom stereocenters. The lowest BCUT2D eigenvalue weighted by atomic mass is 9.84. The number of nitrogens with zero attached hydrogens (tertiary/aromatic N) is 2. The lowest BCUT2D eigenvalue weighted by Crippen LogP contribution is -2.37. The second-order valence-electron chi connectivity index (χ2n) is 5.41. The number of amides is 1. The fraction of sp³-hybridized carbons (Fsp3) is 0.158. The Hall–Kier alpha value is -2.86. The van der Waals surface area contributed by atoms with Crippen LogP contribution in [0.2, 0.25) is 0 Å². The van der Waals surface area contributed by atoms with Gasteiger partial charge in [0.2, 0.25) is 5.91 Å². The first-order valence-electron chi connectivity index (χ1n) is 7.22. The van der Waals surface area contributed by atoms with Crippen LogP contribution in [0.25, 0.3) is 0 Å². The van der Waals surface area contributed by atoms with Gasteiger partial charge in [-0.2, -0.15) is 5.26 Å². The molecule has 2 aromatic rings. The summed E-state index contributed by atoms with van der Waals surface area (Å²) in [5.41, 5.74) is 4.04. The highest BCUT2D eigenvalue weighted by Crippen LogP contribution is 2.34. The highest BCUT2D eigenvalue weighted by Gasteiger charge is 2.28. The van der Waals surface area contributed by atoms with E-state index >= 15 is 0 Å². The van der Waals surface area contributed by atoms with Gasteiger partial charge in [-0.15, -0.1) is 0 Å². The van der Waals surface area contributed by atoms with Gasteiger partial charge in [0.25, 0.3) is 0 Å². The monoisotopic (exact) mass is 288 g/mol. The Morgan fingerprint density at radius 1 is 1.27 bits per heavy atom. The van der Waals surface area contributed by atoms with Crippen LogP contribution in [-0.2, 0) is 11.3 Å². The third kappa shape index (κ3) is 2.51. The average Bonchev–Trinajstić information content (AvgIpc) is 2.60. The lowest BCUT2D eigenvalue weighted by Gasteiger charge is -2.34. The minimum absolute atomic E-state index is 0.0593. The fourth-order valence-electron chi connectivity index (χ4n) is 2.99. The predicted octanol–water partition coefficient (Wildman–Crippen LogP) is 3.22. The zero-order chi connectivity index (χ0) is 15.5. The van der Waals surface area contributed by atoms with Gasteiger partial charge in [0.05, 0.1) is 11.6 Å². The van der Waals surface area contributed by atoms with Crippen LogP contribution in [0.3, 0.4) is 0 Å². The molecule has 0 radical (unpaired) electrons. The van der Waals surface area contributed by atoms with E-state index in [0.29, 0.717) is 18.7 Å². The van der Waals surface area contributed by atoms with Crippen LogP contribution in [0.5, 0.6) is 0 Å². The molecule has 1 aliphatic rings. The molecule has 0 saturated carbocycles. The van der Waals surface area contributed by atoms with Crippen LogP contribution in [0.15, 0.2) is 61.2 Å². The van der Waals surface area contributed by atoms with Gasteiger partial charge >= 0.3 is 0 Å². The summed E-state index contributed by atoms with van der Waals surface area (Å²) in [4.78, 5) is 13.8. The molecule has 0 N–H and O–H groups in total. The van der Waals surface area contributed by atoms with E-state index in [-0.39, 0.29) is 11.8 Å². The maximum Gasteiger partial charge on any atom is 0.246 e. The molecule has 1 aliphatic heterocycles. The molecule has 1 amide bonds. The van der Waals surface area contributed by atoms with Crippen LogP contribution < -0.4 is 0 Å². The molecule has 0 bridgehead atoms. The lowest BCUT2D eigenvalue weighted by molar-refractivity contribution is -0.127. The van der Waals surface area contributed by atoms with Crippen LogP contribution in [0.1, 0.15) is 28.2 Å². The van der Waals surface area contributed by atoms with Gasteiger partial charge in [-0.3, -0.25) is 4.79 Å². The molecular formula is C19H16N2O. The molecule has 0 saturated heterocycles. The van der Waals surface area contributed by atoms with Crippen molar-refractivity contribution in [1.29, 1.82) is 5.26 Å². The van der Waals surface area contributed by atoms with Crippen molar-refractivity contribution in [3.63, 3.8) is 0 Å². The Morgan fingerprint density at radius 2 is 2.05 bits per heavy atom. The van der Waals surface area contributed by atoms with E-state index in [4.69, 9.17) is 5.26 Å². The third-order valence-corrected chi connectivity index (χ3v) is 4.10. The first-order chi connectivity index (χ1) is 10.7. The summed E-state index contributed by atoms with van der Waals surface area (Å²) < 4.78 is 0. The highest BCUT2D eigenvalue weighted by atomic mass is 16.2. The largest absolute Gasteiger partial charge is 0.334 e. The van der Waals surface area contributed by atoms with Crippen LogP contribution in [-0.4, -0.2) is 17.4 Å². The number of carbonyl (C=O) groups is 1. The fourth-order valence-corrected chi connectivity index (χ4v) is 2.99. The summed E-state index contributed by atoms with van der Waals surface area (Å²) >= 11 is 0. The Bertz CT molecular complexity index is 759. The van der Waals surface area contributed by atoms with E-state index in [1.807, 2.05) is 36.4 Å². The summed E-state index contributed by atoms with van der Waals surface area (Å²) in [5.74, 6) is 0.0260. The van der Waals surface area contributed by atoms with Crippen molar-refractivity contribution in [2.75, 3.05) is 6.54 Å². The van der Waals surface area contributed by atoms with Crippen LogP contribution >= 0.6 is 0 Å². The SMILES string of the molecule is C=CC(=O)N1Cc2ccc(C#N)cc2[C@H](c2ccccc2)C1. The maximum absolute atomic E-state index is 12.0. The molecule has 3 rings (SSSR count). The van der Waals surface area contributed by atoms with Crippen molar-refractivity contribution in [3.05, 3.63) is 83.4 Å². The summed E-state index contributed by atoms with van der Waals surface area (Å²) in [6.45, 7) is 4.76. The second-order valence-corrected chi connectivity index (χ2v) is 5.41. The summed E-state index contributed by atoms with van der Waals surface area (Å²) in [6, 6.07) is 18.0. The molecule has 0 fully saturated rings. The van der Waals surface area contributed by atoms with Gasteiger partial charge in [0, 0.05) is 19.0 Å². The molecule has 1 heterocycles. The summed E-state index contributed by atoms with van der Waals surface area (Å²) in [5, 5.41) is 9.15. The number of carbonyl (C=O) groups excluding carboxylic acids is 1. The number of rotatable bonds is 2. The van der Waals surface area contributed by atoms with E-state index in [1.54, 1.807) is 4.90 Å². The molecule has 3 nitrogen and oxygen atoms in total. The molecule has 1 atom stereocenters. The Kier molecular flexibility index (Phi) is 3.76. The normalized spacial score (nSPS) is 16.5. The molecule has 2 aromatic carbocycles. The molecule has 108 valence electrons. The first kappa shape index (κ1) is 14.1. The number of hydrogen-bond donors (Lipinski definition) is 0. The Labute approximate surface area is 130 Å². The molecule has 22 heavy (non-hydrogen) atoms. The highest BCUT2D eigenvalue weighted by molar-refractivity contribution is 5.87. The molecule has 0 spiro atoms. The number of nitriles is 1. The van der Waals surface area contributed by atoms with Crippen LogP contribution in [0, 0.1) is 11.3 Å². The Morgan fingerprint density at radius 3 is 2.73 bits per heavy atom. The first-order valence-corrected chi connectivity index (χ1v) is 7.22. The Balaban J connectivity index is 2.09. The molecular weight excluding hydrogens is 272 g/mol. The minimum Gasteiger partial charge on any atom is -0.334 e. The van der Waals surface area contributed by atoms with E-state index in [0.717, 1.165) is 16.7 Å². The van der Waals surface area contributed by atoms with E-state index in [1.165, 1.54) is 6.08 Å². The van der Waals surface area contributed by atoms with Crippen LogP contribution in [0.4, 0.5) is 0 Å². The number of fused-ring (bicyclic) bond motifs is 1. The van der Waals surface area contributed by atoms with Gasteiger partial charge in [0.1, 0.15) is 0 Å². The van der Waals surface area contributed by atoms with E-state index in [2.05, 4.69) is 24.8 Å². The minimum atomic E-state index is -0.0593. The predicted molar refractivity (Wildman–Crippen MR) is 85.1 cm³/mol. The van der Waals surface area contributed by atoms with Gasteiger partial charge in [-0.1, -0.05) is 43.0 Å². The number of benzene rings is 2. The van der Waals surface area contributed by atoms with Crippen molar-refractivity contribution in [3.8, 4) is 6.07 Å². The van der Waals surface area contributed by atoms with E-state index in [9.17, 15) is 4.79 Å². The van der Waals surface area contributed by atoms with Crippen molar-refractivity contribution in [1.82, 2.24) is 4.90 Å². The van der Waals surface area contributed by atoms with Crippen molar-refractivity contribution < 1.29 is 4.79 Å². The van der Waals surface area contributed by atoms with Gasteiger partial charge in [0.15, 0.2) is 0 Å². The smallest absolute Gasteiger partial charge is 0.246 e. The molecule has 0 aliphatic carbocycles. The summed E-state index contributed by atoms with van der Waals surface area (Å²) in [7, 11) is 0. The topological polar surface area (TPSA) is 44.1 Å². The molecule has 0 aromatic heterocycles. The third-order valence-electron chi connectivity index (χ3n) is 4.10. The standard InChI is InChI=1S/C19H16N2O/c1-2-19(22)21-12-16-9-8-14(11-20)10-17(16)18(13-21)15-6-4-3-5-7-15/h2-10,18H,1,12-13H2/t18-/m0/s1. The second kappa shape index (κ2) is 5.87. The quantitative estimate of drug-likeness (QED) is 0.796. The van der Waals surface area contributed by atoms with Gasteiger partial charge in [-0.25, -0.2) is 0 Å². The van der Waals surface area contributed by atoms with Gasteiger partial charge < -0.3 is 4.90 Å².